The molecule has 1 aromatic heterocycles. The summed E-state index contributed by atoms with van der Waals surface area (Å²) in [6, 6.07) is 21.9. The Balaban J connectivity index is 1.70. The lowest BCUT2D eigenvalue weighted by Gasteiger charge is -2.15. The highest BCUT2D eigenvalue weighted by molar-refractivity contribution is 6.31. The highest BCUT2D eigenvalue weighted by Gasteiger charge is 2.23. The molecule has 4 aromatic rings. The molecule has 0 radical (unpaired) electrons. The minimum absolute atomic E-state index is 0.256. The average Bonchev–Trinajstić information content (AvgIpc) is 2.78. The van der Waals surface area contributed by atoms with Gasteiger partial charge in [-0.25, -0.2) is 9.78 Å². The second-order valence-corrected chi connectivity index (χ2v) is 8.30. The molecule has 1 heterocycles. The maximum atomic E-state index is 13.2. The van der Waals surface area contributed by atoms with Crippen LogP contribution in [-0.4, -0.2) is 22.8 Å². The number of rotatable bonds is 5. The lowest BCUT2D eigenvalue weighted by molar-refractivity contribution is 0.0320. The first-order valence-corrected chi connectivity index (χ1v) is 10.7. The minimum Gasteiger partial charge on any atom is -0.451 e. The first kappa shape index (κ1) is 21.7. The molecule has 0 fully saturated rings. The Kier molecular flexibility index (Phi) is 6.06. The Morgan fingerprint density at radius 2 is 1.50 bits per heavy atom. The predicted octanol–water partition coefficient (Wildman–Crippen LogP) is 6.60. The number of ketones is 1. The van der Waals surface area contributed by atoms with Crippen molar-refractivity contribution < 1.29 is 14.3 Å². The van der Waals surface area contributed by atoms with Crippen molar-refractivity contribution in [3.05, 3.63) is 100 Å². The van der Waals surface area contributed by atoms with Gasteiger partial charge in [-0.1, -0.05) is 71.3 Å². The van der Waals surface area contributed by atoms with Crippen LogP contribution in [0, 0.1) is 13.8 Å². The first-order valence-electron chi connectivity index (χ1n) is 10.3. The molecule has 3 aromatic carbocycles. The van der Waals surface area contributed by atoms with Gasteiger partial charge in [0.15, 0.2) is 6.10 Å². The zero-order valence-corrected chi connectivity index (χ0v) is 18.8. The zero-order chi connectivity index (χ0) is 22.8. The summed E-state index contributed by atoms with van der Waals surface area (Å²) in [7, 11) is 0. The van der Waals surface area contributed by atoms with Gasteiger partial charge in [-0.2, -0.15) is 0 Å². The summed E-state index contributed by atoms with van der Waals surface area (Å²) in [6.07, 6.45) is -0.935. The standard InChI is InChI=1S/C27H22ClNO3/c1-16-4-8-19(9-5-16)25-15-23(22-14-21(28)12-13-24(22)29-25)27(31)32-18(3)26(30)20-10-6-17(2)7-11-20/h4-15,18H,1-3H3. The molecule has 0 N–H and O–H groups in total. The molecule has 1 atom stereocenters. The number of hydrogen-bond donors (Lipinski definition) is 0. The molecule has 5 heteroatoms. The van der Waals surface area contributed by atoms with E-state index in [1.807, 2.05) is 50.2 Å². The number of hydrogen-bond acceptors (Lipinski definition) is 4. The van der Waals surface area contributed by atoms with Gasteiger partial charge in [0, 0.05) is 21.5 Å². The van der Waals surface area contributed by atoms with Gasteiger partial charge in [0.2, 0.25) is 5.78 Å². The van der Waals surface area contributed by atoms with E-state index in [0.717, 1.165) is 16.7 Å². The fraction of sp³-hybridized carbons (Fsp3) is 0.148. The van der Waals surface area contributed by atoms with Crippen molar-refractivity contribution in [1.29, 1.82) is 0 Å². The summed E-state index contributed by atoms with van der Waals surface area (Å²) in [5.74, 6) is -0.852. The van der Waals surface area contributed by atoms with Gasteiger partial charge in [-0.3, -0.25) is 4.79 Å². The van der Waals surface area contributed by atoms with Gasteiger partial charge in [0.25, 0.3) is 0 Å². The van der Waals surface area contributed by atoms with Crippen LogP contribution in [-0.2, 0) is 4.74 Å². The molecule has 0 bridgehead atoms. The average molecular weight is 444 g/mol. The topological polar surface area (TPSA) is 56.3 Å². The third kappa shape index (κ3) is 4.56. The van der Waals surface area contributed by atoms with E-state index in [-0.39, 0.29) is 5.78 Å². The Hall–Kier alpha value is -3.50. The molecular weight excluding hydrogens is 422 g/mol. The molecule has 160 valence electrons. The van der Waals surface area contributed by atoms with Crippen molar-refractivity contribution >= 4 is 34.3 Å². The monoisotopic (exact) mass is 443 g/mol. The highest BCUT2D eigenvalue weighted by atomic mass is 35.5. The van der Waals surface area contributed by atoms with Crippen LogP contribution < -0.4 is 0 Å². The Bertz CT molecular complexity index is 1310. The molecule has 0 aliphatic rings. The lowest BCUT2D eigenvalue weighted by atomic mass is 10.0. The fourth-order valence-electron chi connectivity index (χ4n) is 3.47. The van der Waals surface area contributed by atoms with Gasteiger partial charge >= 0.3 is 5.97 Å². The van der Waals surface area contributed by atoms with E-state index in [1.165, 1.54) is 0 Å². The van der Waals surface area contributed by atoms with E-state index in [1.54, 1.807) is 43.3 Å². The summed E-state index contributed by atoms with van der Waals surface area (Å²) < 4.78 is 5.58. The number of benzene rings is 3. The van der Waals surface area contributed by atoms with Crippen LogP contribution >= 0.6 is 11.6 Å². The Morgan fingerprint density at radius 3 is 2.16 bits per heavy atom. The van der Waals surface area contributed by atoms with E-state index in [4.69, 9.17) is 21.3 Å². The number of carbonyl (C=O) groups is 2. The number of esters is 1. The highest BCUT2D eigenvalue weighted by Crippen LogP contribution is 2.28. The SMILES string of the molecule is Cc1ccc(C(=O)C(C)OC(=O)c2cc(-c3ccc(C)cc3)nc3ccc(Cl)cc23)cc1. The molecule has 0 aliphatic heterocycles. The number of aromatic nitrogens is 1. The maximum Gasteiger partial charge on any atom is 0.339 e. The van der Waals surface area contributed by atoms with Crippen LogP contribution in [0.25, 0.3) is 22.2 Å². The number of pyridine rings is 1. The summed E-state index contributed by atoms with van der Waals surface area (Å²) in [5, 5.41) is 1.06. The molecule has 0 saturated carbocycles. The van der Waals surface area contributed by atoms with Crippen LogP contribution in [0.1, 0.15) is 38.8 Å². The quantitative estimate of drug-likeness (QED) is 0.257. The van der Waals surface area contributed by atoms with Crippen molar-refractivity contribution in [2.75, 3.05) is 0 Å². The molecule has 4 nitrogen and oxygen atoms in total. The number of ether oxygens (including phenoxy) is 1. The van der Waals surface area contributed by atoms with Crippen molar-refractivity contribution in [2.24, 2.45) is 0 Å². The van der Waals surface area contributed by atoms with Crippen molar-refractivity contribution in [2.45, 2.75) is 26.9 Å². The number of aryl methyl sites for hydroxylation is 2. The van der Waals surface area contributed by atoms with E-state index in [9.17, 15) is 9.59 Å². The van der Waals surface area contributed by atoms with Gasteiger partial charge in [-0.05, 0) is 45.0 Å². The Morgan fingerprint density at radius 1 is 0.875 bits per heavy atom. The maximum absolute atomic E-state index is 13.2. The predicted molar refractivity (Wildman–Crippen MR) is 127 cm³/mol. The third-order valence-corrected chi connectivity index (χ3v) is 5.56. The number of halogens is 1. The van der Waals surface area contributed by atoms with Crippen molar-refractivity contribution in [3.63, 3.8) is 0 Å². The number of fused-ring (bicyclic) bond motifs is 1. The van der Waals surface area contributed by atoms with E-state index in [0.29, 0.717) is 32.7 Å². The van der Waals surface area contributed by atoms with Gasteiger partial charge < -0.3 is 4.74 Å². The van der Waals surface area contributed by atoms with Crippen molar-refractivity contribution in [1.82, 2.24) is 4.98 Å². The molecule has 32 heavy (non-hydrogen) atoms. The van der Waals surface area contributed by atoms with Crippen LogP contribution in [0.4, 0.5) is 0 Å². The number of carbonyl (C=O) groups excluding carboxylic acids is 2. The van der Waals surface area contributed by atoms with E-state index >= 15 is 0 Å². The molecule has 0 amide bonds. The Labute approximate surface area is 191 Å². The minimum atomic E-state index is -0.935. The van der Waals surface area contributed by atoms with E-state index in [2.05, 4.69) is 0 Å². The lowest BCUT2D eigenvalue weighted by Crippen LogP contribution is -2.24. The van der Waals surface area contributed by atoms with Crippen LogP contribution in [0.5, 0.6) is 0 Å². The molecule has 0 aliphatic carbocycles. The molecule has 0 saturated heterocycles. The largest absolute Gasteiger partial charge is 0.451 e. The van der Waals surface area contributed by atoms with E-state index < -0.39 is 12.1 Å². The summed E-state index contributed by atoms with van der Waals surface area (Å²) in [6.45, 7) is 5.54. The molecule has 1 unspecified atom stereocenters. The number of Topliss-reactive ketones (excluding diaryl/α,β-unsaturated/α-hetero) is 1. The third-order valence-electron chi connectivity index (χ3n) is 5.33. The van der Waals surface area contributed by atoms with Crippen LogP contribution in [0.3, 0.4) is 0 Å². The number of nitrogens with zero attached hydrogens (tertiary/aromatic N) is 1. The summed E-state index contributed by atoms with van der Waals surface area (Å²) in [5.41, 5.74) is 5.14. The molecular formula is C27H22ClNO3. The first-order chi connectivity index (χ1) is 15.3. The van der Waals surface area contributed by atoms with Gasteiger partial charge in [0.05, 0.1) is 16.8 Å². The van der Waals surface area contributed by atoms with Gasteiger partial charge in [0.1, 0.15) is 0 Å². The summed E-state index contributed by atoms with van der Waals surface area (Å²) >= 11 is 6.18. The smallest absolute Gasteiger partial charge is 0.339 e. The fourth-order valence-corrected chi connectivity index (χ4v) is 3.64. The molecule has 4 rings (SSSR count). The second-order valence-electron chi connectivity index (χ2n) is 7.86. The van der Waals surface area contributed by atoms with Crippen molar-refractivity contribution in [3.8, 4) is 11.3 Å². The van der Waals surface area contributed by atoms with Gasteiger partial charge in [-0.15, -0.1) is 0 Å². The normalized spacial score (nSPS) is 11.9. The molecule has 0 spiro atoms. The zero-order valence-electron chi connectivity index (χ0n) is 18.1. The van der Waals surface area contributed by atoms with Crippen LogP contribution in [0.15, 0.2) is 72.8 Å². The second kappa shape index (κ2) is 8.93. The van der Waals surface area contributed by atoms with Crippen LogP contribution in [0.2, 0.25) is 5.02 Å². The summed E-state index contributed by atoms with van der Waals surface area (Å²) in [4.78, 5) is 30.6.